The van der Waals surface area contributed by atoms with Crippen LogP contribution < -0.4 is 10.6 Å². The van der Waals surface area contributed by atoms with Crippen molar-refractivity contribution in [1.29, 1.82) is 0 Å². The maximum absolute atomic E-state index is 11.6. The SMILES string of the molecule is CCOC(=O)NC1NCCc2nc3ccccc3cc21. The first-order chi connectivity index (χ1) is 9.78. The molecule has 0 radical (unpaired) electrons. The number of nitrogens with one attached hydrogen (secondary N) is 2. The molecule has 1 aliphatic heterocycles. The number of aromatic nitrogens is 1. The van der Waals surface area contributed by atoms with Gasteiger partial charge in [0.15, 0.2) is 0 Å². The van der Waals surface area contributed by atoms with E-state index in [2.05, 4.69) is 21.7 Å². The summed E-state index contributed by atoms with van der Waals surface area (Å²) in [5, 5.41) is 7.18. The van der Waals surface area contributed by atoms with E-state index in [-0.39, 0.29) is 6.17 Å². The van der Waals surface area contributed by atoms with Crippen LogP contribution in [0.3, 0.4) is 0 Å². The highest BCUT2D eigenvalue weighted by Gasteiger charge is 2.23. The second-order valence-electron chi connectivity index (χ2n) is 4.72. The number of carbonyl (C=O) groups is 1. The Labute approximate surface area is 117 Å². The molecule has 1 aromatic heterocycles. The largest absolute Gasteiger partial charge is 0.450 e. The van der Waals surface area contributed by atoms with Crippen LogP contribution >= 0.6 is 0 Å². The first-order valence-electron chi connectivity index (χ1n) is 6.83. The first kappa shape index (κ1) is 12.9. The molecule has 0 saturated carbocycles. The zero-order valence-corrected chi connectivity index (χ0v) is 11.3. The van der Waals surface area contributed by atoms with Crippen LogP contribution in [0, 0.1) is 0 Å². The van der Waals surface area contributed by atoms with Crippen LogP contribution in [0.2, 0.25) is 0 Å². The summed E-state index contributed by atoms with van der Waals surface area (Å²) in [5.74, 6) is 0. The number of fused-ring (bicyclic) bond motifs is 2. The summed E-state index contributed by atoms with van der Waals surface area (Å²) in [6.07, 6.45) is 0.210. The molecule has 1 aromatic carbocycles. The first-order valence-corrected chi connectivity index (χ1v) is 6.83. The van der Waals surface area contributed by atoms with Gasteiger partial charge in [-0.25, -0.2) is 4.79 Å². The second kappa shape index (κ2) is 5.46. The van der Waals surface area contributed by atoms with E-state index in [1.54, 1.807) is 6.92 Å². The highest BCUT2D eigenvalue weighted by Crippen LogP contribution is 2.24. The average Bonchev–Trinajstić information content (AvgIpc) is 2.46. The summed E-state index contributed by atoms with van der Waals surface area (Å²) in [7, 11) is 0. The Morgan fingerprint density at radius 3 is 3.20 bits per heavy atom. The van der Waals surface area contributed by atoms with Crippen LogP contribution in [0.4, 0.5) is 4.79 Å². The number of benzene rings is 1. The lowest BCUT2D eigenvalue weighted by molar-refractivity contribution is 0.145. The minimum atomic E-state index is -0.411. The van der Waals surface area contributed by atoms with E-state index >= 15 is 0 Å². The minimum Gasteiger partial charge on any atom is -0.450 e. The monoisotopic (exact) mass is 271 g/mol. The molecule has 5 heteroatoms. The molecule has 3 rings (SSSR count). The molecule has 2 heterocycles. The maximum atomic E-state index is 11.6. The van der Waals surface area contributed by atoms with Crippen LogP contribution in [0.25, 0.3) is 10.9 Å². The van der Waals surface area contributed by atoms with Crippen LogP contribution in [0.1, 0.15) is 24.3 Å². The Hall–Kier alpha value is -2.14. The van der Waals surface area contributed by atoms with Gasteiger partial charge in [0.25, 0.3) is 0 Å². The maximum Gasteiger partial charge on any atom is 0.408 e. The quantitative estimate of drug-likeness (QED) is 0.878. The summed E-state index contributed by atoms with van der Waals surface area (Å²) >= 11 is 0. The van der Waals surface area contributed by atoms with Crippen molar-refractivity contribution in [3.8, 4) is 0 Å². The predicted molar refractivity (Wildman–Crippen MR) is 76.3 cm³/mol. The Balaban J connectivity index is 1.94. The van der Waals surface area contributed by atoms with Crippen molar-refractivity contribution < 1.29 is 9.53 Å². The van der Waals surface area contributed by atoms with Gasteiger partial charge in [0, 0.05) is 29.6 Å². The molecule has 0 spiro atoms. The van der Waals surface area contributed by atoms with Gasteiger partial charge < -0.3 is 10.1 Å². The fourth-order valence-corrected chi connectivity index (χ4v) is 2.49. The fraction of sp³-hybridized carbons (Fsp3) is 0.333. The number of rotatable bonds is 2. The smallest absolute Gasteiger partial charge is 0.408 e. The van der Waals surface area contributed by atoms with Crippen molar-refractivity contribution >= 4 is 17.0 Å². The van der Waals surface area contributed by atoms with Gasteiger partial charge >= 0.3 is 6.09 Å². The fourth-order valence-electron chi connectivity index (χ4n) is 2.49. The van der Waals surface area contributed by atoms with Crippen molar-refractivity contribution in [3.63, 3.8) is 0 Å². The molecule has 2 N–H and O–H groups in total. The van der Waals surface area contributed by atoms with E-state index in [0.717, 1.165) is 35.1 Å². The standard InChI is InChI=1S/C15H17N3O2/c1-2-20-15(19)18-14-11-9-10-5-3-4-6-12(10)17-13(11)7-8-16-14/h3-6,9,14,16H,2,7-8H2,1H3,(H,18,19). The van der Waals surface area contributed by atoms with Crippen molar-refractivity contribution in [2.75, 3.05) is 13.2 Å². The topological polar surface area (TPSA) is 63.2 Å². The molecule has 0 saturated heterocycles. The summed E-state index contributed by atoms with van der Waals surface area (Å²) in [5.41, 5.74) is 3.04. The molecule has 0 bridgehead atoms. The Kier molecular flexibility index (Phi) is 3.52. The van der Waals surface area contributed by atoms with Gasteiger partial charge in [0.05, 0.1) is 12.1 Å². The third kappa shape index (κ3) is 2.44. The van der Waals surface area contributed by atoms with Gasteiger partial charge in [-0.1, -0.05) is 18.2 Å². The van der Waals surface area contributed by atoms with E-state index in [4.69, 9.17) is 4.74 Å². The van der Waals surface area contributed by atoms with Gasteiger partial charge in [0.2, 0.25) is 0 Å². The number of pyridine rings is 1. The number of alkyl carbamates (subject to hydrolysis) is 1. The molecule has 20 heavy (non-hydrogen) atoms. The summed E-state index contributed by atoms with van der Waals surface area (Å²) < 4.78 is 4.94. The summed E-state index contributed by atoms with van der Waals surface area (Å²) in [6.45, 7) is 2.94. The zero-order chi connectivity index (χ0) is 13.9. The highest BCUT2D eigenvalue weighted by atomic mass is 16.5. The molecule has 5 nitrogen and oxygen atoms in total. The van der Waals surface area contributed by atoms with Crippen LogP contribution in [0.15, 0.2) is 30.3 Å². The average molecular weight is 271 g/mol. The molecular formula is C15H17N3O2. The number of hydrogen-bond donors (Lipinski definition) is 2. The number of hydrogen-bond acceptors (Lipinski definition) is 4. The van der Waals surface area contributed by atoms with Crippen molar-refractivity contribution in [1.82, 2.24) is 15.6 Å². The minimum absolute atomic E-state index is 0.241. The van der Waals surface area contributed by atoms with Gasteiger partial charge in [-0.2, -0.15) is 0 Å². The number of ether oxygens (including phenoxy) is 1. The molecule has 1 unspecified atom stereocenters. The highest BCUT2D eigenvalue weighted by molar-refractivity contribution is 5.80. The van der Waals surface area contributed by atoms with E-state index in [1.165, 1.54) is 0 Å². The summed E-state index contributed by atoms with van der Waals surface area (Å²) in [4.78, 5) is 16.3. The van der Waals surface area contributed by atoms with Gasteiger partial charge in [-0.3, -0.25) is 10.3 Å². The second-order valence-corrected chi connectivity index (χ2v) is 4.72. The molecule has 1 amide bonds. The lowest BCUT2D eigenvalue weighted by Gasteiger charge is -2.27. The third-order valence-corrected chi connectivity index (χ3v) is 3.40. The van der Waals surface area contributed by atoms with Crippen molar-refractivity contribution in [2.45, 2.75) is 19.5 Å². The molecular weight excluding hydrogens is 254 g/mol. The van der Waals surface area contributed by atoms with Gasteiger partial charge in [-0.05, 0) is 19.1 Å². The molecule has 0 aliphatic carbocycles. The number of carbonyl (C=O) groups excluding carboxylic acids is 1. The lowest BCUT2D eigenvalue weighted by Crippen LogP contribution is -2.42. The third-order valence-electron chi connectivity index (χ3n) is 3.40. The Morgan fingerprint density at radius 1 is 1.50 bits per heavy atom. The van der Waals surface area contributed by atoms with Crippen molar-refractivity contribution in [2.24, 2.45) is 0 Å². The number of amides is 1. The van der Waals surface area contributed by atoms with Crippen LogP contribution in [-0.2, 0) is 11.2 Å². The molecule has 0 fully saturated rings. The zero-order valence-electron chi connectivity index (χ0n) is 11.3. The molecule has 104 valence electrons. The van der Waals surface area contributed by atoms with E-state index in [0.29, 0.717) is 6.61 Å². The summed E-state index contributed by atoms with van der Waals surface area (Å²) in [6, 6.07) is 10.1. The molecule has 2 aromatic rings. The van der Waals surface area contributed by atoms with Crippen molar-refractivity contribution in [3.05, 3.63) is 41.6 Å². The van der Waals surface area contributed by atoms with E-state index in [1.807, 2.05) is 24.3 Å². The molecule has 1 atom stereocenters. The number of para-hydroxylation sites is 1. The molecule has 1 aliphatic rings. The lowest BCUT2D eigenvalue weighted by atomic mass is 10.0. The Bertz CT molecular complexity index is 642. The van der Waals surface area contributed by atoms with Gasteiger partial charge in [0.1, 0.15) is 6.17 Å². The predicted octanol–water partition coefficient (Wildman–Crippen LogP) is 2.13. The van der Waals surface area contributed by atoms with Crippen LogP contribution in [-0.4, -0.2) is 24.2 Å². The van der Waals surface area contributed by atoms with E-state index in [9.17, 15) is 4.79 Å². The van der Waals surface area contributed by atoms with E-state index < -0.39 is 6.09 Å². The van der Waals surface area contributed by atoms with Gasteiger partial charge in [-0.15, -0.1) is 0 Å². The number of nitrogens with zero attached hydrogens (tertiary/aromatic N) is 1. The Morgan fingerprint density at radius 2 is 2.35 bits per heavy atom. The normalized spacial score (nSPS) is 17.6. The van der Waals surface area contributed by atoms with Crippen LogP contribution in [0.5, 0.6) is 0 Å².